The van der Waals surface area contributed by atoms with E-state index >= 15 is 0 Å². The second kappa shape index (κ2) is 9.77. The van der Waals surface area contributed by atoms with Crippen molar-refractivity contribution in [2.45, 2.75) is 32.4 Å². The van der Waals surface area contributed by atoms with Gasteiger partial charge in [-0.25, -0.2) is 0 Å². The molecule has 5 nitrogen and oxygen atoms in total. The van der Waals surface area contributed by atoms with Crippen molar-refractivity contribution in [1.29, 1.82) is 0 Å². The quantitative estimate of drug-likeness (QED) is 0.697. The lowest BCUT2D eigenvalue weighted by atomic mass is 10.1. The number of amides is 2. The second-order valence-corrected chi connectivity index (χ2v) is 6.80. The Labute approximate surface area is 158 Å². The molecule has 0 aliphatic carbocycles. The van der Waals surface area contributed by atoms with E-state index in [0.29, 0.717) is 0 Å². The topological polar surface area (TPSA) is 67.4 Å². The molecule has 2 atom stereocenters. The first-order valence-corrected chi connectivity index (χ1v) is 9.37. The summed E-state index contributed by atoms with van der Waals surface area (Å²) < 4.78 is 5.09. The van der Waals surface area contributed by atoms with Crippen molar-refractivity contribution in [2.24, 2.45) is 0 Å². The first-order chi connectivity index (χ1) is 12.5. The average molecular weight is 372 g/mol. The molecule has 138 valence electrons. The Bertz CT molecular complexity index is 739. The highest BCUT2D eigenvalue weighted by Gasteiger charge is 2.19. The molecule has 2 amide bonds. The fraction of sp³-hybridized carbons (Fsp3) is 0.300. The van der Waals surface area contributed by atoms with Crippen LogP contribution in [0.5, 0.6) is 5.75 Å². The first kappa shape index (κ1) is 19.7. The smallest absolute Gasteiger partial charge is 0.244 e. The highest BCUT2D eigenvalue weighted by Crippen LogP contribution is 2.21. The Morgan fingerprint density at radius 2 is 1.92 bits per heavy atom. The molecule has 1 aromatic carbocycles. The minimum Gasteiger partial charge on any atom is -0.497 e. The number of ether oxygens (including phenoxy) is 1. The van der Waals surface area contributed by atoms with Gasteiger partial charge in [-0.3, -0.25) is 9.59 Å². The van der Waals surface area contributed by atoms with E-state index in [2.05, 4.69) is 10.6 Å². The van der Waals surface area contributed by atoms with E-state index in [9.17, 15) is 9.59 Å². The van der Waals surface area contributed by atoms with Crippen LogP contribution in [0.1, 0.15) is 36.8 Å². The van der Waals surface area contributed by atoms with Gasteiger partial charge >= 0.3 is 0 Å². The minimum absolute atomic E-state index is 0.0308. The Hall–Kier alpha value is -2.60. The van der Waals surface area contributed by atoms with Gasteiger partial charge in [0.25, 0.3) is 0 Å². The molecular formula is C20H24N2O3S. The molecule has 26 heavy (non-hydrogen) atoms. The van der Waals surface area contributed by atoms with Crippen LogP contribution in [-0.4, -0.2) is 25.0 Å². The second-order valence-electron chi connectivity index (χ2n) is 5.82. The number of hydrogen-bond donors (Lipinski definition) is 2. The zero-order valence-corrected chi connectivity index (χ0v) is 16.0. The van der Waals surface area contributed by atoms with Gasteiger partial charge in [0.1, 0.15) is 11.8 Å². The Morgan fingerprint density at radius 3 is 2.50 bits per heavy atom. The van der Waals surface area contributed by atoms with Gasteiger partial charge in [0.05, 0.1) is 13.2 Å². The van der Waals surface area contributed by atoms with Gasteiger partial charge in [-0.15, -0.1) is 11.3 Å². The lowest BCUT2D eigenvalue weighted by Gasteiger charge is -2.19. The molecule has 0 saturated heterocycles. The Morgan fingerprint density at radius 1 is 1.19 bits per heavy atom. The highest BCUT2D eigenvalue weighted by atomic mass is 32.1. The van der Waals surface area contributed by atoms with Gasteiger partial charge in [0.15, 0.2) is 0 Å². The minimum atomic E-state index is -0.614. The lowest BCUT2D eigenvalue weighted by molar-refractivity contribution is -0.127. The number of carbonyl (C=O) groups is 2. The van der Waals surface area contributed by atoms with Crippen LogP contribution >= 0.6 is 11.3 Å². The van der Waals surface area contributed by atoms with E-state index in [0.717, 1.165) is 22.6 Å². The Balaban J connectivity index is 1.86. The Kier molecular flexibility index (Phi) is 7.41. The summed E-state index contributed by atoms with van der Waals surface area (Å²) in [6.45, 7) is 3.70. The standard InChI is InChI=1S/C20H24N2O3S/c1-4-17(18-6-5-13-26-18)22-20(24)14(2)21-19(23)12-9-15-7-10-16(25-3)11-8-15/h5-14,17H,4H2,1-3H3,(H,21,23)(H,22,24)/b12-9+. The molecule has 2 N–H and O–H groups in total. The van der Waals surface area contributed by atoms with Crippen molar-refractivity contribution in [2.75, 3.05) is 7.11 Å². The van der Waals surface area contributed by atoms with Crippen LogP contribution in [0.15, 0.2) is 47.9 Å². The zero-order chi connectivity index (χ0) is 18.9. The number of thiophene rings is 1. The van der Waals surface area contributed by atoms with Gasteiger partial charge in [-0.1, -0.05) is 25.1 Å². The van der Waals surface area contributed by atoms with Crippen LogP contribution in [0.3, 0.4) is 0 Å². The van der Waals surface area contributed by atoms with Crippen molar-refractivity contribution in [3.8, 4) is 5.75 Å². The largest absolute Gasteiger partial charge is 0.497 e. The number of benzene rings is 1. The van der Waals surface area contributed by atoms with Crippen molar-refractivity contribution in [3.63, 3.8) is 0 Å². The summed E-state index contributed by atoms with van der Waals surface area (Å²) in [7, 11) is 1.60. The molecule has 0 spiro atoms. The van der Waals surface area contributed by atoms with Crippen LogP contribution in [0, 0.1) is 0 Å². The number of hydrogen-bond acceptors (Lipinski definition) is 4. The molecule has 2 aromatic rings. The van der Waals surface area contributed by atoms with E-state index in [1.165, 1.54) is 6.08 Å². The molecule has 0 bridgehead atoms. The summed E-state index contributed by atoms with van der Waals surface area (Å²) in [4.78, 5) is 25.5. The van der Waals surface area contributed by atoms with Crippen LogP contribution in [-0.2, 0) is 9.59 Å². The third kappa shape index (κ3) is 5.74. The summed E-state index contributed by atoms with van der Waals surface area (Å²) in [5.41, 5.74) is 0.877. The number of methoxy groups -OCH3 is 1. The van der Waals surface area contributed by atoms with E-state index in [4.69, 9.17) is 4.74 Å². The third-order valence-corrected chi connectivity index (χ3v) is 4.89. The molecule has 0 aliphatic heterocycles. The number of rotatable bonds is 8. The van der Waals surface area contributed by atoms with Crippen molar-refractivity contribution >= 4 is 29.2 Å². The first-order valence-electron chi connectivity index (χ1n) is 8.50. The normalized spacial score (nSPS) is 13.2. The molecule has 0 saturated carbocycles. The summed E-state index contributed by atoms with van der Waals surface area (Å²) in [6.07, 6.45) is 3.91. The van der Waals surface area contributed by atoms with E-state index in [1.54, 1.807) is 31.4 Å². The molecule has 2 rings (SSSR count). The van der Waals surface area contributed by atoms with E-state index in [-0.39, 0.29) is 17.9 Å². The summed E-state index contributed by atoms with van der Waals surface area (Å²) in [5, 5.41) is 7.65. The van der Waals surface area contributed by atoms with Gasteiger partial charge < -0.3 is 15.4 Å². The molecule has 0 aliphatic rings. The van der Waals surface area contributed by atoms with Crippen molar-refractivity contribution < 1.29 is 14.3 Å². The van der Waals surface area contributed by atoms with Crippen LogP contribution in [0.4, 0.5) is 0 Å². The predicted molar refractivity (Wildman–Crippen MR) is 105 cm³/mol. The fourth-order valence-electron chi connectivity index (χ4n) is 2.37. The maximum Gasteiger partial charge on any atom is 0.244 e. The van der Waals surface area contributed by atoms with Crippen LogP contribution in [0.25, 0.3) is 6.08 Å². The highest BCUT2D eigenvalue weighted by molar-refractivity contribution is 7.10. The predicted octanol–water partition coefficient (Wildman–Crippen LogP) is 3.54. The van der Waals surface area contributed by atoms with Crippen LogP contribution in [0.2, 0.25) is 0 Å². The molecule has 6 heteroatoms. The van der Waals surface area contributed by atoms with Crippen molar-refractivity contribution in [3.05, 3.63) is 58.3 Å². The summed E-state index contributed by atoms with van der Waals surface area (Å²) in [5.74, 6) is 0.247. The molecule has 0 fully saturated rings. The third-order valence-electron chi connectivity index (χ3n) is 3.91. The van der Waals surface area contributed by atoms with E-state index in [1.807, 2.05) is 48.7 Å². The van der Waals surface area contributed by atoms with Crippen LogP contribution < -0.4 is 15.4 Å². The van der Waals surface area contributed by atoms with Crippen molar-refractivity contribution in [1.82, 2.24) is 10.6 Å². The molecule has 1 heterocycles. The molecular weight excluding hydrogens is 348 g/mol. The fourth-order valence-corrected chi connectivity index (χ4v) is 3.24. The SMILES string of the molecule is CCC(NC(=O)C(C)NC(=O)/C=C/c1ccc(OC)cc1)c1cccs1. The maximum absolute atomic E-state index is 12.3. The van der Waals surface area contributed by atoms with Gasteiger partial charge in [0.2, 0.25) is 11.8 Å². The average Bonchev–Trinajstić information content (AvgIpc) is 3.19. The van der Waals surface area contributed by atoms with Gasteiger partial charge in [-0.05, 0) is 48.6 Å². The van der Waals surface area contributed by atoms with Gasteiger partial charge in [0, 0.05) is 11.0 Å². The zero-order valence-electron chi connectivity index (χ0n) is 15.2. The molecule has 2 unspecified atom stereocenters. The summed E-state index contributed by atoms with van der Waals surface area (Å²) >= 11 is 1.61. The van der Waals surface area contributed by atoms with E-state index < -0.39 is 6.04 Å². The monoisotopic (exact) mass is 372 g/mol. The molecule has 1 aromatic heterocycles. The molecule has 0 radical (unpaired) electrons. The maximum atomic E-state index is 12.3. The summed E-state index contributed by atoms with van der Waals surface area (Å²) in [6, 6.07) is 10.7. The number of carbonyl (C=O) groups excluding carboxylic acids is 2. The lowest BCUT2D eigenvalue weighted by Crippen LogP contribution is -2.45. The number of nitrogens with one attached hydrogen (secondary N) is 2. The van der Waals surface area contributed by atoms with Gasteiger partial charge in [-0.2, -0.15) is 0 Å².